The Labute approximate surface area is 70.9 Å². The Hall–Kier alpha value is -0.330. The third kappa shape index (κ3) is 7.57. The molecule has 0 aliphatic carbocycles. The number of carboxylic acid groups (broad SMARTS) is 1. The third-order valence-corrected chi connectivity index (χ3v) is 2.32. The summed E-state index contributed by atoms with van der Waals surface area (Å²) < 4.78 is 21.2. The predicted octanol–water partition coefficient (Wildman–Crippen LogP) is -1.13. The molecular formula is C4H10ClNO4S. The summed E-state index contributed by atoms with van der Waals surface area (Å²) in [6.07, 6.45) is 0. The molecule has 0 fully saturated rings. The number of carboxylic acids is 1. The van der Waals surface area contributed by atoms with E-state index in [1.165, 1.54) is 0 Å². The smallest absolute Gasteiger partial charge is 0.318 e. The zero-order chi connectivity index (χ0) is 8.20. The van der Waals surface area contributed by atoms with Gasteiger partial charge in [-0.1, -0.05) is 0 Å². The highest BCUT2D eigenvalue weighted by molar-refractivity contribution is 7.92. The molecular weight excluding hydrogens is 194 g/mol. The quantitative estimate of drug-likeness (QED) is 0.603. The summed E-state index contributed by atoms with van der Waals surface area (Å²) in [6, 6.07) is 0. The van der Waals surface area contributed by atoms with Crippen LogP contribution in [0.2, 0.25) is 0 Å². The molecule has 0 aromatic rings. The molecule has 0 aromatic carbocycles. The average molecular weight is 204 g/mol. The molecule has 0 aliphatic heterocycles. The van der Waals surface area contributed by atoms with Crippen LogP contribution in [0.25, 0.3) is 0 Å². The lowest BCUT2D eigenvalue weighted by Crippen LogP contribution is -2.22. The summed E-state index contributed by atoms with van der Waals surface area (Å²) in [5.74, 6) is -2.43. The Kier molecular flexibility index (Phi) is 6.44. The van der Waals surface area contributed by atoms with E-state index in [0.29, 0.717) is 0 Å². The maximum atomic E-state index is 10.6. The van der Waals surface area contributed by atoms with Gasteiger partial charge in [0.1, 0.15) is 5.75 Å². The van der Waals surface area contributed by atoms with Crippen LogP contribution >= 0.6 is 12.4 Å². The van der Waals surface area contributed by atoms with Crippen molar-refractivity contribution in [3.05, 3.63) is 0 Å². The van der Waals surface area contributed by atoms with Gasteiger partial charge < -0.3 is 10.8 Å². The van der Waals surface area contributed by atoms with Crippen molar-refractivity contribution in [2.75, 3.05) is 18.1 Å². The highest BCUT2D eigenvalue weighted by Gasteiger charge is 2.13. The van der Waals surface area contributed by atoms with E-state index in [2.05, 4.69) is 0 Å². The number of hydrogen-bond donors (Lipinski definition) is 2. The van der Waals surface area contributed by atoms with E-state index in [1.807, 2.05) is 0 Å². The molecule has 0 heterocycles. The fourth-order valence-electron chi connectivity index (χ4n) is 0.440. The SMILES string of the molecule is Cl.NCCS(=O)(=O)CC(=O)O. The first-order valence-electron chi connectivity index (χ1n) is 2.60. The molecule has 5 nitrogen and oxygen atoms in total. The van der Waals surface area contributed by atoms with E-state index in [9.17, 15) is 13.2 Å². The molecule has 0 atom stereocenters. The lowest BCUT2D eigenvalue weighted by molar-refractivity contribution is -0.134. The molecule has 0 aliphatic rings. The minimum atomic E-state index is -3.46. The highest BCUT2D eigenvalue weighted by Crippen LogP contribution is 1.87. The molecule has 7 heteroatoms. The molecule has 0 radical (unpaired) electrons. The van der Waals surface area contributed by atoms with Crippen molar-refractivity contribution in [1.82, 2.24) is 0 Å². The summed E-state index contributed by atoms with van der Waals surface area (Å²) in [5, 5.41) is 8.06. The Morgan fingerprint density at radius 1 is 1.45 bits per heavy atom. The fraction of sp³-hybridized carbons (Fsp3) is 0.750. The molecule has 0 saturated carbocycles. The lowest BCUT2D eigenvalue weighted by atomic mass is 10.8. The second-order valence-electron chi connectivity index (χ2n) is 1.77. The van der Waals surface area contributed by atoms with Crippen LogP contribution in [0.1, 0.15) is 0 Å². The van der Waals surface area contributed by atoms with Crippen molar-refractivity contribution in [3.63, 3.8) is 0 Å². The van der Waals surface area contributed by atoms with Gasteiger partial charge in [-0.15, -0.1) is 12.4 Å². The van der Waals surface area contributed by atoms with Crippen LogP contribution in [0.15, 0.2) is 0 Å². The number of hydrogen-bond acceptors (Lipinski definition) is 4. The van der Waals surface area contributed by atoms with Gasteiger partial charge in [0.15, 0.2) is 9.84 Å². The molecule has 0 spiro atoms. The van der Waals surface area contributed by atoms with Gasteiger partial charge in [0.2, 0.25) is 0 Å². The van der Waals surface area contributed by atoms with Gasteiger partial charge in [-0.2, -0.15) is 0 Å². The van der Waals surface area contributed by atoms with Crippen molar-refractivity contribution in [3.8, 4) is 0 Å². The number of sulfone groups is 1. The summed E-state index contributed by atoms with van der Waals surface area (Å²) in [4.78, 5) is 9.87. The van der Waals surface area contributed by atoms with Gasteiger partial charge in [-0.3, -0.25) is 4.79 Å². The van der Waals surface area contributed by atoms with E-state index in [-0.39, 0.29) is 24.7 Å². The van der Waals surface area contributed by atoms with Gasteiger partial charge in [0.25, 0.3) is 0 Å². The van der Waals surface area contributed by atoms with E-state index in [1.54, 1.807) is 0 Å². The van der Waals surface area contributed by atoms with Gasteiger partial charge in [-0.25, -0.2) is 8.42 Å². The molecule has 68 valence electrons. The Balaban J connectivity index is 0. The van der Waals surface area contributed by atoms with Crippen LogP contribution in [-0.2, 0) is 14.6 Å². The van der Waals surface area contributed by atoms with Crippen molar-refractivity contribution < 1.29 is 18.3 Å². The molecule has 0 saturated heterocycles. The zero-order valence-corrected chi connectivity index (χ0v) is 7.32. The topological polar surface area (TPSA) is 97.5 Å². The maximum Gasteiger partial charge on any atom is 0.318 e. The monoisotopic (exact) mass is 203 g/mol. The molecule has 0 amide bonds. The first-order valence-corrected chi connectivity index (χ1v) is 4.42. The van der Waals surface area contributed by atoms with Crippen LogP contribution in [0, 0.1) is 0 Å². The number of halogens is 1. The summed E-state index contributed by atoms with van der Waals surface area (Å²) in [5.41, 5.74) is 4.92. The van der Waals surface area contributed by atoms with E-state index >= 15 is 0 Å². The predicted molar refractivity (Wildman–Crippen MR) is 42.6 cm³/mol. The van der Waals surface area contributed by atoms with Crippen molar-refractivity contribution >= 4 is 28.2 Å². The molecule has 0 unspecified atom stereocenters. The van der Waals surface area contributed by atoms with Crippen LogP contribution in [0.5, 0.6) is 0 Å². The van der Waals surface area contributed by atoms with Crippen molar-refractivity contribution in [2.45, 2.75) is 0 Å². The first-order chi connectivity index (χ1) is 4.48. The summed E-state index contributed by atoms with van der Waals surface area (Å²) in [6.45, 7) is -0.0321. The minimum absolute atomic E-state index is 0. The van der Waals surface area contributed by atoms with Crippen molar-refractivity contribution in [2.24, 2.45) is 5.73 Å². The number of nitrogens with two attached hydrogens (primary N) is 1. The maximum absolute atomic E-state index is 10.6. The summed E-state index contributed by atoms with van der Waals surface area (Å²) >= 11 is 0. The Morgan fingerprint density at radius 3 is 2.18 bits per heavy atom. The van der Waals surface area contributed by atoms with Crippen LogP contribution < -0.4 is 5.73 Å². The third-order valence-electron chi connectivity index (χ3n) is 0.772. The van der Waals surface area contributed by atoms with Crippen molar-refractivity contribution in [1.29, 1.82) is 0 Å². The average Bonchev–Trinajstić information content (AvgIpc) is 1.59. The van der Waals surface area contributed by atoms with E-state index in [4.69, 9.17) is 10.8 Å². The van der Waals surface area contributed by atoms with Crippen LogP contribution in [-0.4, -0.2) is 37.5 Å². The Morgan fingerprint density at radius 2 is 1.91 bits per heavy atom. The largest absolute Gasteiger partial charge is 0.480 e. The number of carbonyl (C=O) groups is 1. The lowest BCUT2D eigenvalue weighted by Gasteiger charge is -1.95. The van der Waals surface area contributed by atoms with Gasteiger partial charge >= 0.3 is 5.97 Å². The highest BCUT2D eigenvalue weighted by atomic mass is 35.5. The van der Waals surface area contributed by atoms with Crippen LogP contribution in [0.4, 0.5) is 0 Å². The van der Waals surface area contributed by atoms with E-state index < -0.39 is 21.6 Å². The summed E-state index contributed by atoms with van der Waals surface area (Å²) in [7, 11) is -3.46. The number of rotatable bonds is 4. The first kappa shape index (κ1) is 13.3. The second-order valence-corrected chi connectivity index (χ2v) is 3.96. The van der Waals surface area contributed by atoms with Gasteiger partial charge in [0.05, 0.1) is 5.75 Å². The molecule has 3 N–H and O–H groups in total. The molecule has 0 bridgehead atoms. The minimum Gasteiger partial charge on any atom is -0.480 e. The normalized spacial score (nSPS) is 10.3. The van der Waals surface area contributed by atoms with Gasteiger partial charge in [0, 0.05) is 6.54 Å². The fourth-order valence-corrected chi connectivity index (χ4v) is 1.32. The van der Waals surface area contributed by atoms with Gasteiger partial charge in [-0.05, 0) is 0 Å². The molecule has 0 aromatic heterocycles. The zero-order valence-electron chi connectivity index (χ0n) is 5.69. The molecule has 0 rings (SSSR count). The standard InChI is InChI=1S/C4H9NO4S.ClH/c5-1-2-10(8,9)3-4(6)7;/h1-3,5H2,(H,6,7);1H. The Bertz CT molecular complexity index is 212. The second kappa shape index (κ2) is 5.34. The molecule has 11 heavy (non-hydrogen) atoms. The number of aliphatic carboxylic acids is 1. The van der Waals surface area contributed by atoms with E-state index in [0.717, 1.165) is 0 Å². The van der Waals surface area contributed by atoms with Crippen LogP contribution in [0.3, 0.4) is 0 Å².